The molecule has 0 saturated heterocycles. The van der Waals surface area contributed by atoms with Crippen LogP contribution in [0.3, 0.4) is 0 Å². The van der Waals surface area contributed by atoms with Crippen LogP contribution in [0.5, 0.6) is 11.5 Å². The Morgan fingerprint density at radius 2 is 1.31 bits per heavy atom. The molecule has 0 bridgehead atoms. The van der Waals surface area contributed by atoms with Crippen molar-refractivity contribution in [1.82, 2.24) is 0 Å². The molecule has 54 heavy (non-hydrogen) atoms. The van der Waals surface area contributed by atoms with Crippen molar-refractivity contribution in [2.24, 2.45) is 16.7 Å². The van der Waals surface area contributed by atoms with E-state index in [1.807, 2.05) is 20.8 Å². The van der Waals surface area contributed by atoms with Crippen molar-refractivity contribution in [3.05, 3.63) is 65.7 Å². The van der Waals surface area contributed by atoms with Gasteiger partial charge in [0.05, 0.1) is 43.3 Å². The number of methoxy groups -OCH3 is 1. The zero-order valence-electron chi connectivity index (χ0n) is 34.0. The summed E-state index contributed by atoms with van der Waals surface area (Å²) in [7, 11) is 1.31. The van der Waals surface area contributed by atoms with E-state index in [1.54, 1.807) is 54.6 Å². The third-order valence-corrected chi connectivity index (χ3v) is 10.4. The maximum Gasteiger partial charge on any atom is 0.343 e. The van der Waals surface area contributed by atoms with Crippen LogP contribution in [-0.2, 0) is 28.6 Å². The predicted molar refractivity (Wildman–Crippen MR) is 213 cm³/mol. The number of unbranched alkanes of at least 4 members (excludes halogenated alkanes) is 4. The van der Waals surface area contributed by atoms with E-state index in [4.69, 9.17) is 18.9 Å². The highest BCUT2D eigenvalue weighted by atomic mass is 16.5. The minimum absolute atomic E-state index is 0.102. The molecule has 3 unspecified atom stereocenters. The summed E-state index contributed by atoms with van der Waals surface area (Å²) in [6.07, 6.45) is 15.3. The summed E-state index contributed by atoms with van der Waals surface area (Å²) in [5, 5.41) is 0. The number of carbonyl (C=O) groups is 4. The Hall–Kier alpha value is -4.14. The number of carbonyl (C=O) groups excluding carboxylic acids is 4. The van der Waals surface area contributed by atoms with Gasteiger partial charge in [0.25, 0.3) is 0 Å². The van der Waals surface area contributed by atoms with Crippen LogP contribution in [-0.4, -0.2) is 50.8 Å². The van der Waals surface area contributed by atoms with Crippen LogP contribution in [0, 0.1) is 16.7 Å². The first-order valence-corrected chi connectivity index (χ1v) is 20.1. The lowest BCUT2D eigenvalue weighted by Gasteiger charge is -2.31. The van der Waals surface area contributed by atoms with E-state index in [2.05, 4.69) is 25.5 Å². The monoisotopic (exact) mass is 750 g/mol. The van der Waals surface area contributed by atoms with Crippen molar-refractivity contribution >= 4 is 30.0 Å². The lowest BCUT2D eigenvalue weighted by atomic mass is 9.76. The number of ether oxygens (including phenoxy) is 5. The molecule has 0 spiro atoms. The number of esters is 4. The quantitative estimate of drug-likeness (QED) is 0.0289. The van der Waals surface area contributed by atoms with Gasteiger partial charge in [0.15, 0.2) is 0 Å². The minimum atomic E-state index is -0.582. The first-order chi connectivity index (χ1) is 25.9. The van der Waals surface area contributed by atoms with Gasteiger partial charge < -0.3 is 23.7 Å². The molecule has 0 fully saturated rings. The van der Waals surface area contributed by atoms with Crippen molar-refractivity contribution in [3.8, 4) is 11.5 Å². The Balaban J connectivity index is 1.67. The van der Waals surface area contributed by atoms with Crippen molar-refractivity contribution in [2.45, 2.75) is 131 Å². The first-order valence-electron chi connectivity index (χ1n) is 20.1. The smallest absolute Gasteiger partial charge is 0.343 e. The molecule has 2 aromatic carbocycles. The summed E-state index contributed by atoms with van der Waals surface area (Å²) < 4.78 is 27.5. The maximum absolute atomic E-state index is 13.2. The molecule has 0 aliphatic carbocycles. The Kier molecular flexibility index (Phi) is 21.3. The van der Waals surface area contributed by atoms with Crippen molar-refractivity contribution in [2.75, 3.05) is 26.9 Å². The van der Waals surface area contributed by atoms with Gasteiger partial charge in [0.1, 0.15) is 11.5 Å². The number of hydrogen-bond donors (Lipinski definition) is 0. The summed E-state index contributed by atoms with van der Waals surface area (Å²) in [6.45, 7) is 13.9. The number of rotatable bonds is 27. The summed E-state index contributed by atoms with van der Waals surface area (Å²) in [5.41, 5.74) is 0.0501. The summed E-state index contributed by atoms with van der Waals surface area (Å²) >= 11 is 0. The molecule has 2 rings (SSSR count). The lowest BCUT2D eigenvalue weighted by molar-refractivity contribution is -0.158. The highest BCUT2D eigenvalue weighted by Gasteiger charge is 2.37. The average Bonchev–Trinajstić information content (AvgIpc) is 3.18. The predicted octanol–water partition coefficient (Wildman–Crippen LogP) is 10.7. The molecule has 2 aromatic rings. The topological polar surface area (TPSA) is 114 Å². The van der Waals surface area contributed by atoms with Crippen LogP contribution < -0.4 is 9.47 Å². The van der Waals surface area contributed by atoms with Gasteiger partial charge in [-0.05, 0) is 126 Å². The SMILES string of the molecule is CCCCC(CC)COC(=O)C(C)(CCC)CCCC(C)(CC)C(=O)OCCCCCCOc1ccc(C(=O)Oc2ccc(/C=C/C(=O)OC)cc2)cc1. The van der Waals surface area contributed by atoms with Gasteiger partial charge in [-0.3, -0.25) is 9.59 Å². The van der Waals surface area contributed by atoms with E-state index in [0.717, 1.165) is 76.2 Å². The van der Waals surface area contributed by atoms with Crippen molar-refractivity contribution in [3.63, 3.8) is 0 Å². The van der Waals surface area contributed by atoms with Crippen LogP contribution in [0.2, 0.25) is 0 Å². The normalized spacial score (nSPS) is 14.1. The fourth-order valence-electron chi connectivity index (χ4n) is 6.26. The molecule has 0 N–H and O–H groups in total. The van der Waals surface area contributed by atoms with Gasteiger partial charge in [-0.1, -0.05) is 71.9 Å². The summed E-state index contributed by atoms with van der Waals surface area (Å²) in [4.78, 5) is 50.2. The Morgan fingerprint density at radius 3 is 1.93 bits per heavy atom. The van der Waals surface area contributed by atoms with Crippen LogP contribution in [0.4, 0.5) is 0 Å². The van der Waals surface area contributed by atoms with E-state index in [0.29, 0.717) is 62.1 Å². The minimum Gasteiger partial charge on any atom is -0.494 e. The molecule has 0 aliphatic rings. The molecule has 0 aliphatic heterocycles. The molecular weight excluding hydrogens is 684 g/mol. The third kappa shape index (κ3) is 16.5. The second kappa shape index (κ2) is 25.0. The van der Waals surface area contributed by atoms with Gasteiger partial charge >= 0.3 is 23.9 Å². The first kappa shape index (κ1) is 46.0. The van der Waals surface area contributed by atoms with Gasteiger partial charge in [-0.2, -0.15) is 0 Å². The Labute approximate surface area is 324 Å². The zero-order valence-corrected chi connectivity index (χ0v) is 34.0. The van der Waals surface area contributed by atoms with E-state index in [9.17, 15) is 19.2 Å². The number of benzene rings is 2. The third-order valence-electron chi connectivity index (χ3n) is 10.4. The fraction of sp³-hybridized carbons (Fsp3) is 0.600. The summed E-state index contributed by atoms with van der Waals surface area (Å²) in [5.74, 6) is 0.283. The average molecular weight is 751 g/mol. The summed E-state index contributed by atoms with van der Waals surface area (Å²) in [6, 6.07) is 13.6. The van der Waals surface area contributed by atoms with Crippen LogP contribution >= 0.6 is 0 Å². The van der Waals surface area contributed by atoms with E-state index in [-0.39, 0.29) is 11.9 Å². The largest absolute Gasteiger partial charge is 0.494 e. The second-order valence-corrected chi connectivity index (χ2v) is 14.8. The highest BCUT2D eigenvalue weighted by Crippen LogP contribution is 2.36. The standard InChI is InChI=1S/C45H66O9/c1-8-12-18-35(10-3)34-53-43(49)45(6,29-9-2)31-17-30-44(5,11-4)42(48)52-33-16-14-13-15-32-51-38-26-22-37(23-27-38)41(47)54-39-24-19-36(20-25-39)21-28-40(46)50-7/h19-28,35H,8-18,29-34H2,1-7H3/b28-21+. The van der Waals surface area contributed by atoms with E-state index in [1.165, 1.54) is 13.2 Å². The molecule has 0 amide bonds. The van der Waals surface area contributed by atoms with Crippen LogP contribution in [0.1, 0.15) is 147 Å². The molecule has 300 valence electrons. The van der Waals surface area contributed by atoms with Crippen molar-refractivity contribution in [1.29, 1.82) is 0 Å². The molecule has 0 saturated carbocycles. The molecule has 9 heteroatoms. The van der Waals surface area contributed by atoms with Crippen LogP contribution in [0.15, 0.2) is 54.6 Å². The maximum atomic E-state index is 13.2. The van der Waals surface area contributed by atoms with Crippen molar-refractivity contribution < 1.29 is 42.9 Å². The van der Waals surface area contributed by atoms with Crippen LogP contribution in [0.25, 0.3) is 6.08 Å². The lowest BCUT2D eigenvalue weighted by Crippen LogP contribution is -2.33. The Morgan fingerprint density at radius 1 is 0.685 bits per heavy atom. The molecule has 0 radical (unpaired) electrons. The molecule has 0 aromatic heterocycles. The Bertz CT molecular complexity index is 1430. The van der Waals surface area contributed by atoms with E-state index >= 15 is 0 Å². The van der Waals surface area contributed by atoms with Gasteiger partial charge in [0.2, 0.25) is 0 Å². The highest BCUT2D eigenvalue weighted by molar-refractivity contribution is 5.91. The fourth-order valence-corrected chi connectivity index (χ4v) is 6.26. The zero-order chi connectivity index (χ0) is 39.8. The van der Waals surface area contributed by atoms with Gasteiger partial charge in [0, 0.05) is 6.08 Å². The molecule has 0 heterocycles. The van der Waals surface area contributed by atoms with Gasteiger partial charge in [-0.15, -0.1) is 0 Å². The van der Waals surface area contributed by atoms with Gasteiger partial charge in [-0.25, -0.2) is 9.59 Å². The molecule has 9 nitrogen and oxygen atoms in total. The second-order valence-electron chi connectivity index (χ2n) is 14.8. The van der Waals surface area contributed by atoms with E-state index < -0.39 is 22.8 Å². The molecular formula is C45H66O9. The molecule has 3 atom stereocenters. The number of hydrogen-bond acceptors (Lipinski definition) is 9.